The lowest BCUT2D eigenvalue weighted by Gasteiger charge is -2.46. The van der Waals surface area contributed by atoms with Crippen LogP contribution in [0, 0.1) is 0 Å². The summed E-state index contributed by atoms with van der Waals surface area (Å²) in [4.78, 5) is 13.3. The van der Waals surface area contributed by atoms with Crippen LogP contribution in [-0.4, -0.2) is 52.2 Å². The summed E-state index contributed by atoms with van der Waals surface area (Å²) in [5.74, 6) is 0.696. The van der Waals surface area contributed by atoms with E-state index in [0.717, 1.165) is 31.3 Å². The standard InChI is InChI=1S/C29H36ClN5O2Si/c1-29(2,3)38(23-10-6-4-7-11-23,24-12-8-5-9-13-24)37-22-16-14-21(15-17-22)35-26-25(20-32-27(30)34-26)33-28(35)31-18-19-36/h4-13,20-22,36H,14-19H2,1-3H3,(H,31,33). The number of halogens is 1. The molecule has 9 heteroatoms. The van der Waals surface area contributed by atoms with Gasteiger partial charge in [0.2, 0.25) is 11.2 Å². The monoisotopic (exact) mass is 549 g/mol. The minimum atomic E-state index is -2.60. The SMILES string of the molecule is CC(C)(C)[Si](OC1CCC(n2c(NCCO)nc3cnc(Cl)nc32)CC1)(c1ccccc1)c1ccccc1. The summed E-state index contributed by atoms with van der Waals surface area (Å²) < 4.78 is 9.54. The molecule has 38 heavy (non-hydrogen) atoms. The fourth-order valence-electron chi connectivity index (χ4n) is 5.87. The highest BCUT2D eigenvalue weighted by molar-refractivity contribution is 6.99. The van der Waals surface area contributed by atoms with Crippen LogP contribution in [0.4, 0.5) is 5.95 Å². The number of nitrogens with one attached hydrogen (secondary N) is 1. The predicted molar refractivity (Wildman–Crippen MR) is 156 cm³/mol. The highest BCUT2D eigenvalue weighted by Crippen LogP contribution is 2.41. The molecule has 0 bridgehead atoms. The number of anilines is 1. The first kappa shape index (κ1) is 26.8. The van der Waals surface area contributed by atoms with Crippen molar-refractivity contribution in [2.75, 3.05) is 18.5 Å². The lowest BCUT2D eigenvalue weighted by Crippen LogP contribution is -2.67. The highest BCUT2D eigenvalue weighted by atomic mass is 35.5. The van der Waals surface area contributed by atoms with E-state index in [1.807, 2.05) is 0 Å². The molecule has 0 amide bonds. The second kappa shape index (κ2) is 11.1. The van der Waals surface area contributed by atoms with E-state index < -0.39 is 8.32 Å². The fourth-order valence-corrected chi connectivity index (χ4v) is 10.8. The molecule has 0 spiro atoms. The molecule has 0 unspecified atom stereocenters. The van der Waals surface area contributed by atoms with Crippen molar-refractivity contribution in [2.24, 2.45) is 0 Å². The molecule has 0 atom stereocenters. The number of aliphatic hydroxyl groups is 1. The molecule has 2 aromatic carbocycles. The number of nitrogens with zero attached hydrogens (tertiary/aromatic N) is 4. The molecule has 4 aromatic rings. The number of imidazole rings is 1. The van der Waals surface area contributed by atoms with Crippen LogP contribution in [0.25, 0.3) is 11.2 Å². The van der Waals surface area contributed by atoms with E-state index in [1.54, 1.807) is 6.20 Å². The number of hydrogen-bond donors (Lipinski definition) is 2. The molecular weight excluding hydrogens is 514 g/mol. The Morgan fingerprint density at radius 1 is 0.974 bits per heavy atom. The number of hydrogen-bond acceptors (Lipinski definition) is 6. The van der Waals surface area contributed by atoms with Crippen LogP contribution < -0.4 is 15.7 Å². The average molecular weight is 550 g/mol. The van der Waals surface area contributed by atoms with Crippen molar-refractivity contribution in [2.45, 2.75) is 63.6 Å². The first-order valence-electron chi connectivity index (χ1n) is 13.4. The molecule has 0 radical (unpaired) electrons. The van der Waals surface area contributed by atoms with Gasteiger partial charge in [-0.15, -0.1) is 0 Å². The topological polar surface area (TPSA) is 85.1 Å². The molecule has 1 saturated carbocycles. The third kappa shape index (κ3) is 5.10. The van der Waals surface area contributed by atoms with Gasteiger partial charge in [-0.1, -0.05) is 81.4 Å². The molecule has 1 aliphatic carbocycles. The summed E-state index contributed by atoms with van der Waals surface area (Å²) in [5.41, 5.74) is 1.42. The van der Waals surface area contributed by atoms with Gasteiger partial charge in [-0.05, 0) is 52.7 Å². The molecular formula is C29H36ClN5O2Si. The van der Waals surface area contributed by atoms with E-state index in [4.69, 9.17) is 16.0 Å². The number of rotatable bonds is 8. The summed E-state index contributed by atoms with van der Waals surface area (Å²) in [6, 6.07) is 21.9. The Bertz CT molecular complexity index is 1310. The molecule has 7 nitrogen and oxygen atoms in total. The predicted octanol–water partition coefficient (Wildman–Crippen LogP) is 4.94. The van der Waals surface area contributed by atoms with Crippen molar-refractivity contribution >= 4 is 47.4 Å². The zero-order valence-corrected chi connectivity index (χ0v) is 24.0. The van der Waals surface area contributed by atoms with Crippen molar-refractivity contribution in [3.8, 4) is 0 Å². The van der Waals surface area contributed by atoms with E-state index in [1.165, 1.54) is 10.4 Å². The van der Waals surface area contributed by atoms with Crippen LogP contribution in [0.5, 0.6) is 0 Å². The number of fused-ring (bicyclic) bond motifs is 1. The van der Waals surface area contributed by atoms with Gasteiger partial charge in [0.05, 0.1) is 12.8 Å². The Labute approximate surface area is 230 Å². The van der Waals surface area contributed by atoms with Crippen LogP contribution in [0.1, 0.15) is 52.5 Å². The molecule has 0 saturated heterocycles. The van der Waals surface area contributed by atoms with Crippen molar-refractivity contribution in [1.82, 2.24) is 19.5 Å². The molecule has 200 valence electrons. The van der Waals surface area contributed by atoms with Gasteiger partial charge in [0.15, 0.2) is 5.65 Å². The zero-order chi connectivity index (χ0) is 26.8. The van der Waals surface area contributed by atoms with Crippen LogP contribution in [0.2, 0.25) is 10.3 Å². The molecule has 5 rings (SSSR count). The molecule has 2 heterocycles. The smallest absolute Gasteiger partial charge is 0.261 e. The third-order valence-corrected chi connectivity index (χ3v) is 12.8. The maximum Gasteiger partial charge on any atom is 0.261 e. The Morgan fingerprint density at radius 3 is 2.13 bits per heavy atom. The molecule has 2 aromatic heterocycles. The normalized spacial score (nSPS) is 18.6. The van der Waals surface area contributed by atoms with Gasteiger partial charge < -0.3 is 14.8 Å². The van der Waals surface area contributed by atoms with Gasteiger partial charge in [0, 0.05) is 18.7 Å². The van der Waals surface area contributed by atoms with Gasteiger partial charge in [-0.3, -0.25) is 4.57 Å². The lowest BCUT2D eigenvalue weighted by atomic mass is 9.93. The molecule has 0 aliphatic heterocycles. The van der Waals surface area contributed by atoms with Crippen molar-refractivity contribution in [3.63, 3.8) is 0 Å². The third-order valence-electron chi connectivity index (χ3n) is 7.57. The Morgan fingerprint density at radius 2 is 1.58 bits per heavy atom. The summed E-state index contributed by atoms with van der Waals surface area (Å²) >= 11 is 6.16. The van der Waals surface area contributed by atoms with Gasteiger partial charge >= 0.3 is 0 Å². The van der Waals surface area contributed by atoms with E-state index in [9.17, 15) is 5.11 Å². The summed E-state index contributed by atoms with van der Waals surface area (Å²) in [7, 11) is -2.60. The first-order chi connectivity index (χ1) is 18.3. The quantitative estimate of drug-likeness (QED) is 0.239. The molecule has 1 aliphatic rings. The molecule has 2 N–H and O–H groups in total. The number of aliphatic hydroxyl groups excluding tert-OH is 1. The summed E-state index contributed by atoms with van der Waals surface area (Å²) in [6.45, 7) is 7.41. The summed E-state index contributed by atoms with van der Waals surface area (Å²) in [6.07, 6.45) is 5.55. The van der Waals surface area contributed by atoms with Crippen molar-refractivity contribution < 1.29 is 9.53 Å². The lowest BCUT2D eigenvalue weighted by molar-refractivity contribution is 0.124. The second-order valence-corrected chi connectivity index (χ2v) is 15.6. The van der Waals surface area contributed by atoms with Crippen LogP contribution in [0.3, 0.4) is 0 Å². The minimum absolute atomic E-state index is 0.0225. The Hall–Kier alpha value is -2.78. The highest BCUT2D eigenvalue weighted by Gasteiger charge is 2.51. The Kier molecular flexibility index (Phi) is 7.86. The van der Waals surface area contributed by atoms with E-state index in [-0.39, 0.29) is 29.1 Å². The fraction of sp³-hybridized carbons (Fsp3) is 0.414. The maximum atomic E-state index is 9.38. The Balaban J connectivity index is 1.45. The molecule has 1 fully saturated rings. The van der Waals surface area contributed by atoms with Crippen LogP contribution in [0.15, 0.2) is 66.9 Å². The van der Waals surface area contributed by atoms with Crippen LogP contribution in [-0.2, 0) is 4.43 Å². The largest absolute Gasteiger partial charge is 0.404 e. The zero-order valence-electron chi connectivity index (χ0n) is 22.3. The van der Waals surface area contributed by atoms with E-state index >= 15 is 0 Å². The average Bonchev–Trinajstić information content (AvgIpc) is 3.28. The van der Waals surface area contributed by atoms with Gasteiger partial charge in [-0.2, -0.15) is 4.98 Å². The minimum Gasteiger partial charge on any atom is -0.404 e. The number of aromatic nitrogens is 4. The van der Waals surface area contributed by atoms with Crippen molar-refractivity contribution in [1.29, 1.82) is 0 Å². The van der Waals surface area contributed by atoms with Crippen LogP contribution >= 0.6 is 11.6 Å². The number of benzene rings is 2. The first-order valence-corrected chi connectivity index (χ1v) is 15.7. The van der Waals surface area contributed by atoms with E-state index in [2.05, 4.69) is 106 Å². The van der Waals surface area contributed by atoms with Gasteiger partial charge in [0.25, 0.3) is 8.32 Å². The summed E-state index contributed by atoms with van der Waals surface area (Å²) in [5, 5.41) is 15.4. The second-order valence-electron chi connectivity index (χ2n) is 11.0. The maximum absolute atomic E-state index is 9.38. The van der Waals surface area contributed by atoms with Gasteiger partial charge in [-0.25, -0.2) is 9.97 Å². The van der Waals surface area contributed by atoms with E-state index in [0.29, 0.717) is 18.0 Å². The van der Waals surface area contributed by atoms with Gasteiger partial charge in [0.1, 0.15) is 5.52 Å². The van der Waals surface area contributed by atoms with Crippen molar-refractivity contribution in [3.05, 3.63) is 72.1 Å².